The van der Waals surface area contributed by atoms with E-state index in [9.17, 15) is 4.39 Å². The first-order valence-electron chi connectivity index (χ1n) is 5.04. The summed E-state index contributed by atoms with van der Waals surface area (Å²) in [5.41, 5.74) is 0.948. The molecule has 0 saturated carbocycles. The van der Waals surface area contributed by atoms with Gasteiger partial charge >= 0.3 is 0 Å². The van der Waals surface area contributed by atoms with Crippen molar-refractivity contribution in [1.29, 1.82) is 5.26 Å². The van der Waals surface area contributed by atoms with Gasteiger partial charge in [-0.2, -0.15) is 17.0 Å². The van der Waals surface area contributed by atoms with Crippen LogP contribution in [-0.4, -0.2) is 17.5 Å². The van der Waals surface area contributed by atoms with E-state index in [2.05, 4.69) is 0 Å². The van der Waals surface area contributed by atoms with Crippen LogP contribution in [0.5, 0.6) is 0 Å². The molecule has 0 heterocycles. The van der Waals surface area contributed by atoms with E-state index in [0.717, 1.165) is 5.75 Å². The molecular weight excluding hydrogens is 225 g/mol. The summed E-state index contributed by atoms with van der Waals surface area (Å²) in [5, 5.41) is 17.4. The maximum absolute atomic E-state index is 13.4. The number of thioether (sulfide) groups is 1. The van der Waals surface area contributed by atoms with E-state index in [1.807, 2.05) is 13.0 Å². The van der Waals surface area contributed by atoms with E-state index < -0.39 is 0 Å². The molecule has 86 valence electrons. The Morgan fingerprint density at radius 3 is 2.88 bits per heavy atom. The zero-order chi connectivity index (χ0) is 12.0. The number of benzene rings is 1. The molecule has 1 aromatic rings. The van der Waals surface area contributed by atoms with E-state index in [1.165, 1.54) is 6.07 Å². The Hall–Kier alpha value is -1.05. The fourth-order valence-corrected chi connectivity index (χ4v) is 2.24. The Kier molecular flexibility index (Phi) is 5.30. The van der Waals surface area contributed by atoms with Gasteiger partial charge in [-0.15, -0.1) is 0 Å². The molecule has 0 amide bonds. The molecule has 1 atom stereocenters. The average Bonchev–Trinajstić information content (AvgIpc) is 2.30. The van der Waals surface area contributed by atoms with Crippen LogP contribution in [-0.2, 0) is 5.75 Å². The second kappa shape index (κ2) is 6.51. The zero-order valence-corrected chi connectivity index (χ0v) is 9.93. The quantitative estimate of drug-likeness (QED) is 0.858. The second-order valence-electron chi connectivity index (χ2n) is 3.72. The number of halogens is 1. The number of nitriles is 1. The van der Waals surface area contributed by atoms with Gasteiger partial charge in [0.2, 0.25) is 0 Å². The van der Waals surface area contributed by atoms with Gasteiger partial charge in [0, 0.05) is 12.4 Å². The number of rotatable bonds is 5. The first-order valence-corrected chi connectivity index (χ1v) is 6.20. The Labute approximate surface area is 99.1 Å². The lowest BCUT2D eigenvalue weighted by Crippen LogP contribution is -2.03. The Morgan fingerprint density at radius 1 is 1.56 bits per heavy atom. The summed E-state index contributed by atoms with van der Waals surface area (Å²) in [6.07, 6.45) is 0. The van der Waals surface area contributed by atoms with Crippen LogP contribution in [0.1, 0.15) is 18.1 Å². The summed E-state index contributed by atoms with van der Waals surface area (Å²) in [6.45, 7) is 2.10. The summed E-state index contributed by atoms with van der Waals surface area (Å²) >= 11 is 1.58. The molecule has 0 bridgehead atoms. The van der Waals surface area contributed by atoms with Gasteiger partial charge in [0.15, 0.2) is 0 Å². The average molecular weight is 239 g/mol. The topological polar surface area (TPSA) is 44.0 Å². The van der Waals surface area contributed by atoms with Crippen molar-refractivity contribution in [3.63, 3.8) is 0 Å². The van der Waals surface area contributed by atoms with Gasteiger partial charge < -0.3 is 5.11 Å². The number of aliphatic hydroxyl groups excluding tert-OH is 1. The summed E-state index contributed by atoms with van der Waals surface area (Å²) in [5.74, 6) is 1.27. The Balaban J connectivity index is 2.52. The standard InChI is InChI=1S/C12H14FNOS/c1-9(6-15)7-16-8-11-3-2-10(5-14)4-12(11)13/h2-4,9,15H,6-8H2,1H3. The molecule has 1 unspecified atom stereocenters. The molecule has 1 N–H and O–H groups in total. The molecule has 0 aliphatic rings. The van der Waals surface area contributed by atoms with Gasteiger partial charge in [-0.25, -0.2) is 4.39 Å². The minimum absolute atomic E-state index is 0.156. The van der Waals surface area contributed by atoms with E-state index >= 15 is 0 Å². The molecule has 0 spiro atoms. The van der Waals surface area contributed by atoms with E-state index in [0.29, 0.717) is 16.9 Å². The van der Waals surface area contributed by atoms with Crippen LogP contribution in [0.4, 0.5) is 4.39 Å². The highest BCUT2D eigenvalue weighted by Gasteiger charge is 2.05. The molecule has 0 saturated heterocycles. The Morgan fingerprint density at radius 2 is 2.31 bits per heavy atom. The molecule has 2 nitrogen and oxygen atoms in total. The van der Waals surface area contributed by atoms with Gasteiger partial charge in [0.25, 0.3) is 0 Å². The van der Waals surface area contributed by atoms with Crippen molar-refractivity contribution < 1.29 is 9.50 Å². The number of hydrogen-bond acceptors (Lipinski definition) is 3. The SMILES string of the molecule is CC(CO)CSCc1ccc(C#N)cc1F. The summed E-state index contributed by atoms with van der Waals surface area (Å²) in [4.78, 5) is 0. The van der Waals surface area contributed by atoms with Crippen LogP contribution in [0, 0.1) is 23.1 Å². The molecule has 16 heavy (non-hydrogen) atoms. The maximum Gasteiger partial charge on any atom is 0.128 e. The van der Waals surface area contributed by atoms with Gasteiger partial charge in [0.1, 0.15) is 5.82 Å². The van der Waals surface area contributed by atoms with E-state index in [1.54, 1.807) is 23.9 Å². The monoisotopic (exact) mass is 239 g/mol. The lowest BCUT2D eigenvalue weighted by atomic mass is 10.1. The predicted octanol–water partition coefficient (Wildman–Crippen LogP) is 2.56. The molecule has 4 heteroatoms. The van der Waals surface area contributed by atoms with Crippen molar-refractivity contribution in [2.24, 2.45) is 5.92 Å². The fourth-order valence-electron chi connectivity index (χ4n) is 1.16. The zero-order valence-electron chi connectivity index (χ0n) is 9.11. The van der Waals surface area contributed by atoms with Crippen LogP contribution in [0.15, 0.2) is 18.2 Å². The molecule has 1 rings (SSSR count). The fraction of sp³-hybridized carbons (Fsp3) is 0.417. The van der Waals surface area contributed by atoms with E-state index in [-0.39, 0.29) is 18.3 Å². The molecular formula is C12H14FNOS. The third-order valence-corrected chi connectivity index (χ3v) is 3.47. The Bertz CT molecular complexity index is 389. The van der Waals surface area contributed by atoms with Gasteiger partial charge in [0.05, 0.1) is 11.6 Å². The maximum atomic E-state index is 13.4. The van der Waals surface area contributed by atoms with Gasteiger partial charge in [-0.3, -0.25) is 0 Å². The number of aliphatic hydroxyl groups is 1. The minimum atomic E-state index is -0.330. The van der Waals surface area contributed by atoms with Crippen LogP contribution in [0.3, 0.4) is 0 Å². The minimum Gasteiger partial charge on any atom is -0.396 e. The highest BCUT2D eigenvalue weighted by atomic mass is 32.2. The summed E-state index contributed by atoms with van der Waals surface area (Å²) in [7, 11) is 0. The lowest BCUT2D eigenvalue weighted by molar-refractivity contribution is 0.250. The predicted molar refractivity (Wildman–Crippen MR) is 63.5 cm³/mol. The van der Waals surface area contributed by atoms with Crippen molar-refractivity contribution in [3.05, 3.63) is 35.1 Å². The third kappa shape index (κ3) is 3.84. The van der Waals surface area contributed by atoms with Gasteiger partial charge in [-0.1, -0.05) is 13.0 Å². The highest BCUT2D eigenvalue weighted by Crippen LogP contribution is 2.18. The van der Waals surface area contributed by atoms with Crippen molar-refractivity contribution >= 4 is 11.8 Å². The third-order valence-electron chi connectivity index (χ3n) is 2.15. The highest BCUT2D eigenvalue weighted by molar-refractivity contribution is 7.98. The smallest absolute Gasteiger partial charge is 0.128 e. The lowest BCUT2D eigenvalue weighted by Gasteiger charge is -2.07. The molecule has 0 aromatic heterocycles. The second-order valence-corrected chi connectivity index (χ2v) is 4.75. The van der Waals surface area contributed by atoms with Crippen LogP contribution in [0.25, 0.3) is 0 Å². The van der Waals surface area contributed by atoms with Crippen molar-refractivity contribution in [2.75, 3.05) is 12.4 Å². The van der Waals surface area contributed by atoms with Crippen LogP contribution >= 0.6 is 11.8 Å². The van der Waals surface area contributed by atoms with Crippen LogP contribution < -0.4 is 0 Å². The van der Waals surface area contributed by atoms with Crippen molar-refractivity contribution in [3.8, 4) is 6.07 Å². The number of nitrogens with zero attached hydrogens (tertiary/aromatic N) is 1. The first-order chi connectivity index (χ1) is 7.67. The first kappa shape index (κ1) is 13.0. The molecule has 0 aliphatic heterocycles. The molecule has 0 aliphatic carbocycles. The van der Waals surface area contributed by atoms with Gasteiger partial charge in [-0.05, 0) is 29.4 Å². The summed E-state index contributed by atoms with van der Waals surface area (Å²) < 4.78 is 13.4. The van der Waals surface area contributed by atoms with Crippen molar-refractivity contribution in [1.82, 2.24) is 0 Å². The largest absolute Gasteiger partial charge is 0.396 e. The number of hydrogen-bond donors (Lipinski definition) is 1. The summed E-state index contributed by atoms with van der Waals surface area (Å²) in [6, 6.07) is 6.42. The normalized spacial score (nSPS) is 12.1. The molecule has 0 fully saturated rings. The van der Waals surface area contributed by atoms with E-state index in [4.69, 9.17) is 10.4 Å². The van der Waals surface area contributed by atoms with Crippen LogP contribution in [0.2, 0.25) is 0 Å². The van der Waals surface area contributed by atoms with Crippen molar-refractivity contribution in [2.45, 2.75) is 12.7 Å². The molecule has 0 radical (unpaired) electrons. The molecule has 1 aromatic carbocycles.